The Morgan fingerprint density at radius 2 is 2.00 bits per heavy atom. The van der Waals surface area contributed by atoms with Gasteiger partial charge in [-0.3, -0.25) is 9.69 Å². The van der Waals surface area contributed by atoms with Crippen LogP contribution < -0.4 is 5.32 Å². The van der Waals surface area contributed by atoms with Gasteiger partial charge in [0.25, 0.3) is 5.91 Å². The molecule has 0 aromatic carbocycles. The third kappa shape index (κ3) is 3.44. The molecule has 4 aliphatic heterocycles. The fraction of sp³-hybridized carbons (Fsp3) is 0.706. The van der Waals surface area contributed by atoms with E-state index in [0.29, 0.717) is 17.5 Å². The number of rotatable bonds is 4. The standard InChI is InChI=1S/C17H25N3O3/c21-17(18-16-11-19-3-1-13(16)2-4-19)14-9-15(23-12-14)10-20-5-7-22-8-6-20/h9,12-13,16H,1-8,10-11H2,(H,18,21). The number of hydrogen-bond acceptors (Lipinski definition) is 5. The Bertz CT molecular complexity index is 545. The topological polar surface area (TPSA) is 58.0 Å². The second-order valence-corrected chi connectivity index (χ2v) is 6.91. The number of carbonyl (C=O) groups is 1. The molecule has 5 rings (SSSR count). The minimum absolute atomic E-state index is 0.000674. The number of furan rings is 1. The fourth-order valence-corrected chi connectivity index (χ4v) is 3.94. The van der Waals surface area contributed by atoms with Gasteiger partial charge in [-0.25, -0.2) is 0 Å². The summed E-state index contributed by atoms with van der Waals surface area (Å²) in [6.45, 7) is 7.50. The Morgan fingerprint density at radius 1 is 1.22 bits per heavy atom. The molecule has 0 aliphatic carbocycles. The first-order valence-electron chi connectivity index (χ1n) is 8.68. The molecule has 1 atom stereocenters. The summed E-state index contributed by atoms with van der Waals surface area (Å²) < 4.78 is 10.9. The van der Waals surface area contributed by atoms with Crippen molar-refractivity contribution in [2.75, 3.05) is 45.9 Å². The molecule has 1 amide bonds. The summed E-state index contributed by atoms with van der Waals surface area (Å²) in [4.78, 5) is 17.2. The van der Waals surface area contributed by atoms with E-state index in [9.17, 15) is 4.79 Å². The second-order valence-electron chi connectivity index (χ2n) is 6.91. The van der Waals surface area contributed by atoms with Gasteiger partial charge in [-0.2, -0.15) is 0 Å². The Labute approximate surface area is 136 Å². The Morgan fingerprint density at radius 3 is 2.70 bits per heavy atom. The van der Waals surface area contributed by atoms with E-state index in [1.807, 2.05) is 6.07 Å². The molecule has 1 unspecified atom stereocenters. The van der Waals surface area contributed by atoms with Crippen LogP contribution in [0, 0.1) is 5.92 Å². The lowest BCUT2D eigenvalue weighted by Crippen LogP contribution is -2.57. The quantitative estimate of drug-likeness (QED) is 0.895. The molecule has 0 saturated carbocycles. The van der Waals surface area contributed by atoms with Crippen LogP contribution in [0.1, 0.15) is 29.0 Å². The number of amides is 1. The Kier molecular flexibility index (Phi) is 4.37. The van der Waals surface area contributed by atoms with E-state index in [0.717, 1.165) is 45.2 Å². The average molecular weight is 319 g/mol. The Balaban J connectivity index is 1.33. The van der Waals surface area contributed by atoms with Crippen molar-refractivity contribution in [1.29, 1.82) is 0 Å². The second kappa shape index (κ2) is 6.63. The maximum absolute atomic E-state index is 12.5. The number of ether oxygens (including phenoxy) is 1. The van der Waals surface area contributed by atoms with Crippen molar-refractivity contribution in [1.82, 2.24) is 15.1 Å². The number of nitrogens with one attached hydrogen (secondary N) is 1. The summed E-state index contributed by atoms with van der Waals surface area (Å²) in [5.41, 5.74) is 0.643. The molecule has 4 aliphatic rings. The van der Waals surface area contributed by atoms with Crippen LogP contribution in [0.25, 0.3) is 0 Å². The first kappa shape index (κ1) is 15.2. The Hall–Kier alpha value is -1.37. The highest BCUT2D eigenvalue weighted by molar-refractivity contribution is 5.94. The molecule has 0 spiro atoms. The van der Waals surface area contributed by atoms with Gasteiger partial charge in [-0.15, -0.1) is 0 Å². The smallest absolute Gasteiger partial charge is 0.254 e. The predicted octanol–water partition coefficient (Wildman–Crippen LogP) is 0.936. The molecule has 126 valence electrons. The van der Waals surface area contributed by atoms with Crippen molar-refractivity contribution in [3.05, 3.63) is 23.7 Å². The van der Waals surface area contributed by atoms with Crippen LogP contribution in [0.2, 0.25) is 0 Å². The SMILES string of the molecule is O=C(NC1CN2CCC1CC2)c1coc(CN2CCOCC2)c1. The first-order chi connectivity index (χ1) is 11.3. The summed E-state index contributed by atoms with van der Waals surface area (Å²) >= 11 is 0. The molecule has 1 aromatic rings. The van der Waals surface area contributed by atoms with Gasteiger partial charge in [0.15, 0.2) is 0 Å². The lowest BCUT2D eigenvalue weighted by atomic mass is 9.84. The highest BCUT2D eigenvalue weighted by atomic mass is 16.5. The number of morpholine rings is 1. The third-order valence-corrected chi connectivity index (χ3v) is 5.37. The zero-order valence-electron chi connectivity index (χ0n) is 13.5. The van der Waals surface area contributed by atoms with Gasteiger partial charge < -0.3 is 19.4 Å². The van der Waals surface area contributed by atoms with Crippen molar-refractivity contribution in [2.45, 2.75) is 25.4 Å². The molecule has 4 saturated heterocycles. The van der Waals surface area contributed by atoms with E-state index in [-0.39, 0.29) is 5.91 Å². The van der Waals surface area contributed by atoms with Crippen LogP contribution in [0.3, 0.4) is 0 Å². The molecule has 6 nitrogen and oxygen atoms in total. The molecule has 4 fully saturated rings. The van der Waals surface area contributed by atoms with Crippen LogP contribution in [0.4, 0.5) is 0 Å². The van der Waals surface area contributed by atoms with Crippen molar-refractivity contribution in [2.24, 2.45) is 5.92 Å². The van der Waals surface area contributed by atoms with Crippen LogP contribution in [-0.2, 0) is 11.3 Å². The van der Waals surface area contributed by atoms with Crippen LogP contribution in [0.15, 0.2) is 16.7 Å². The number of piperidine rings is 3. The minimum Gasteiger partial charge on any atom is -0.467 e. The molecule has 2 bridgehead atoms. The zero-order valence-corrected chi connectivity index (χ0v) is 13.5. The van der Waals surface area contributed by atoms with E-state index >= 15 is 0 Å². The van der Waals surface area contributed by atoms with E-state index in [2.05, 4.69) is 15.1 Å². The number of hydrogen-bond donors (Lipinski definition) is 1. The maximum Gasteiger partial charge on any atom is 0.254 e. The van der Waals surface area contributed by atoms with Gasteiger partial charge in [0.2, 0.25) is 0 Å². The maximum atomic E-state index is 12.5. The summed E-state index contributed by atoms with van der Waals surface area (Å²) in [6.07, 6.45) is 4.00. The summed E-state index contributed by atoms with van der Waals surface area (Å²) in [5.74, 6) is 1.50. The van der Waals surface area contributed by atoms with Crippen LogP contribution in [-0.4, -0.2) is 67.7 Å². The highest BCUT2D eigenvalue weighted by Crippen LogP contribution is 2.27. The lowest BCUT2D eigenvalue weighted by Gasteiger charge is -2.44. The van der Waals surface area contributed by atoms with E-state index in [4.69, 9.17) is 9.15 Å². The van der Waals surface area contributed by atoms with Gasteiger partial charge >= 0.3 is 0 Å². The summed E-state index contributed by atoms with van der Waals surface area (Å²) in [6, 6.07) is 2.18. The predicted molar refractivity (Wildman–Crippen MR) is 85.2 cm³/mol. The van der Waals surface area contributed by atoms with Crippen LogP contribution >= 0.6 is 0 Å². The average Bonchev–Trinajstić information content (AvgIpc) is 3.05. The molecule has 1 N–H and O–H groups in total. The molecular weight excluding hydrogens is 294 g/mol. The highest BCUT2D eigenvalue weighted by Gasteiger charge is 2.35. The van der Waals surface area contributed by atoms with Gasteiger partial charge in [0.1, 0.15) is 12.0 Å². The van der Waals surface area contributed by atoms with E-state index in [1.165, 1.54) is 25.9 Å². The first-order valence-corrected chi connectivity index (χ1v) is 8.68. The van der Waals surface area contributed by atoms with Gasteiger partial charge in [0.05, 0.1) is 25.3 Å². The van der Waals surface area contributed by atoms with Gasteiger partial charge in [-0.05, 0) is 37.9 Å². The minimum atomic E-state index is 0.000674. The van der Waals surface area contributed by atoms with Crippen molar-refractivity contribution in [3.8, 4) is 0 Å². The molecular formula is C17H25N3O3. The number of nitrogens with zero attached hydrogens (tertiary/aromatic N) is 2. The van der Waals surface area contributed by atoms with Crippen molar-refractivity contribution >= 4 is 5.91 Å². The summed E-state index contributed by atoms with van der Waals surface area (Å²) in [5, 5.41) is 3.21. The van der Waals surface area contributed by atoms with Crippen LogP contribution in [0.5, 0.6) is 0 Å². The van der Waals surface area contributed by atoms with Crippen molar-refractivity contribution in [3.63, 3.8) is 0 Å². The normalized spacial score (nSPS) is 31.2. The molecule has 6 heteroatoms. The van der Waals surface area contributed by atoms with E-state index in [1.54, 1.807) is 6.26 Å². The molecule has 5 heterocycles. The van der Waals surface area contributed by atoms with E-state index < -0.39 is 0 Å². The lowest BCUT2D eigenvalue weighted by molar-refractivity contribution is 0.0313. The zero-order chi connectivity index (χ0) is 15.6. The van der Waals surface area contributed by atoms with Crippen molar-refractivity contribution < 1.29 is 13.9 Å². The van der Waals surface area contributed by atoms with Gasteiger partial charge in [0, 0.05) is 25.7 Å². The fourth-order valence-electron chi connectivity index (χ4n) is 3.94. The monoisotopic (exact) mass is 319 g/mol. The van der Waals surface area contributed by atoms with Gasteiger partial charge in [-0.1, -0.05) is 0 Å². The largest absolute Gasteiger partial charge is 0.467 e. The number of carbonyl (C=O) groups excluding carboxylic acids is 1. The summed E-state index contributed by atoms with van der Waals surface area (Å²) in [7, 11) is 0. The molecule has 1 aromatic heterocycles. The molecule has 0 radical (unpaired) electrons. The third-order valence-electron chi connectivity index (χ3n) is 5.37. The number of fused-ring (bicyclic) bond motifs is 3. The molecule has 23 heavy (non-hydrogen) atoms.